The first-order valence-electron chi connectivity index (χ1n) is 10.1. The van der Waals surface area contributed by atoms with E-state index in [9.17, 15) is 23.2 Å². The van der Waals surface area contributed by atoms with Gasteiger partial charge < -0.3 is 4.74 Å². The number of benzene rings is 1. The zero-order valence-electron chi connectivity index (χ0n) is 17.6. The van der Waals surface area contributed by atoms with Crippen LogP contribution in [0, 0.1) is 11.3 Å². The van der Waals surface area contributed by atoms with Gasteiger partial charge >= 0.3 is 12.1 Å². The molecule has 0 bridgehead atoms. The Kier molecular flexibility index (Phi) is 6.99. The largest absolute Gasteiger partial charge is 0.417 e. The molecule has 1 aromatic carbocycles. The molecule has 1 aliphatic rings. The minimum atomic E-state index is -4.76. The van der Waals surface area contributed by atoms with E-state index in [1.165, 1.54) is 11.0 Å². The van der Waals surface area contributed by atoms with Gasteiger partial charge in [-0.25, -0.2) is 4.98 Å². The maximum atomic E-state index is 13.7. The Morgan fingerprint density at radius 2 is 2.00 bits per heavy atom. The Hall–Kier alpha value is -3.63. The summed E-state index contributed by atoms with van der Waals surface area (Å²) in [7, 11) is 0. The molecule has 0 atom stereocenters. The van der Waals surface area contributed by atoms with Crippen LogP contribution in [0.4, 0.5) is 19.1 Å². The van der Waals surface area contributed by atoms with Crippen molar-refractivity contribution < 1.29 is 32.0 Å². The number of hydrogen-bond donors (Lipinski definition) is 1. The van der Waals surface area contributed by atoms with Gasteiger partial charge in [-0.15, -0.1) is 5.01 Å². The number of halogens is 3. The van der Waals surface area contributed by atoms with Gasteiger partial charge in [0.1, 0.15) is 11.1 Å². The van der Waals surface area contributed by atoms with Crippen molar-refractivity contribution in [1.82, 2.24) is 10.3 Å². The lowest BCUT2D eigenvalue weighted by Gasteiger charge is -2.18. The molecule has 9 nitrogen and oxygen atoms in total. The topological polar surface area (TPSA) is 108 Å². The summed E-state index contributed by atoms with van der Waals surface area (Å²) in [5.41, 5.74) is -1.22. The molecule has 0 spiro atoms. The van der Waals surface area contributed by atoms with Crippen molar-refractivity contribution in [3.05, 3.63) is 53.7 Å². The fraction of sp³-hybridized carbons (Fsp3) is 0.286. The highest BCUT2D eigenvalue weighted by Crippen LogP contribution is 2.37. The van der Waals surface area contributed by atoms with Gasteiger partial charge in [-0.1, -0.05) is 42.1 Å². The minimum absolute atomic E-state index is 0.0524. The molecule has 1 saturated heterocycles. The fourth-order valence-corrected chi connectivity index (χ4v) is 4.01. The summed E-state index contributed by atoms with van der Waals surface area (Å²) in [6, 6.07) is 10.7. The van der Waals surface area contributed by atoms with Crippen molar-refractivity contribution in [3.8, 4) is 17.3 Å². The van der Waals surface area contributed by atoms with E-state index in [-0.39, 0.29) is 22.4 Å². The van der Waals surface area contributed by atoms with Gasteiger partial charge in [0.2, 0.25) is 11.2 Å². The molecule has 34 heavy (non-hydrogen) atoms. The van der Waals surface area contributed by atoms with Crippen LogP contribution in [-0.4, -0.2) is 48.2 Å². The lowest BCUT2D eigenvalue weighted by atomic mass is 10.1. The molecule has 0 aliphatic carbocycles. The highest BCUT2D eigenvalue weighted by Gasteiger charge is 2.36. The number of carbonyl (C=O) groups is 1. The number of morpholine rings is 1. The smallest absolute Gasteiger partial charge is 0.377 e. The molecular weight excluding hydrogens is 473 g/mol. The number of rotatable bonds is 6. The summed E-state index contributed by atoms with van der Waals surface area (Å²) >= 11 is 0.731. The van der Waals surface area contributed by atoms with E-state index >= 15 is 0 Å². The standard InChI is InChI=1S/C21H17F3N6O3S/c22-21(23,24)16-10-17(14-4-2-1-3-5-14)26-20(15(16)11-25)34-13-18(31)27-19-12-30(28-33-19)29-6-8-32-9-7-29/h1-5,10,12H,6-9,13H2/p+1. The van der Waals surface area contributed by atoms with E-state index in [0.29, 0.717) is 31.9 Å². The predicted octanol–water partition coefficient (Wildman–Crippen LogP) is 2.61. The summed E-state index contributed by atoms with van der Waals surface area (Å²) in [5.74, 6) is -0.783. The van der Waals surface area contributed by atoms with Crippen LogP contribution in [-0.2, 0) is 15.7 Å². The maximum Gasteiger partial charge on any atom is 0.417 e. The van der Waals surface area contributed by atoms with Gasteiger partial charge in [-0.05, 0) is 6.07 Å². The normalized spacial score (nSPS) is 14.0. The summed E-state index contributed by atoms with van der Waals surface area (Å²) < 4.78 is 51.3. The van der Waals surface area contributed by atoms with Crippen LogP contribution < -0.4 is 15.1 Å². The zero-order chi connectivity index (χ0) is 24.1. The number of nitriles is 1. The molecule has 1 fully saturated rings. The number of hydrogen-bond acceptors (Lipinski definition) is 8. The monoisotopic (exact) mass is 491 g/mol. The molecule has 0 unspecified atom stereocenters. The van der Waals surface area contributed by atoms with Crippen molar-refractivity contribution in [2.24, 2.45) is 0 Å². The third kappa shape index (κ3) is 5.46. The molecular formula is C21H18F3N6O3S+. The van der Waals surface area contributed by atoms with Gasteiger partial charge in [0, 0.05) is 5.56 Å². The van der Waals surface area contributed by atoms with E-state index < -0.39 is 23.2 Å². The highest BCUT2D eigenvalue weighted by atomic mass is 32.2. The van der Waals surface area contributed by atoms with Crippen molar-refractivity contribution in [2.45, 2.75) is 11.2 Å². The first-order valence-corrected chi connectivity index (χ1v) is 11.1. The number of nitrogens with one attached hydrogen (secondary N) is 1. The molecule has 0 saturated carbocycles. The van der Waals surface area contributed by atoms with Crippen LogP contribution in [0.1, 0.15) is 11.1 Å². The van der Waals surface area contributed by atoms with Gasteiger partial charge in [-0.3, -0.25) is 14.6 Å². The first-order chi connectivity index (χ1) is 16.3. The third-order valence-electron chi connectivity index (χ3n) is 4.81. The van der Waals surface area contributed by atoms with E-state index in [4.69, 9.17) is 9.26 Å². The minimum Gasteiger partial charge on any atom is -0.377 e. The summed E-state index contributed by atoms with van der Waals surface area (Å²) in [6.07, 6.45) is -3.29. The number of ether oxygens (including phenoxy) is 1. The molecule has 3 aromatic rings. The van der Waals surface area contributed by atoms with Crippen molar-refractivity contribution in [2.75, 3.05) is 42.4 Å². The Bertz CT molecular complexity index is 1210. The van der Waals surface area contributed by atoms with E-state index in [0.717, 1.165) is 17.8 Å². The molecule has 0 radical (unpaired) electrons. The van der Waals surface area contributed by atoms with Crippen molar-refractivity contribution in [3.63, 3.8) is 0 Å². The van der Waals surface area contributed by atoms with Crippen LogP contribution in [0.15, 0.2) is 52.1 Å². The second-order valence-corrected chi connectivity index (χ2v) is 8.06. The van der Waals surface area contributed by atoms with Gasteiger partial charge in [0.05, 0.1) is 53.7 Å². The molecule has 1 aliphatic heterocycles. The number of pyridine rings is 1. The zero-order valence-corrected chi connectivity index (χ0v) is 18.4. The Morgan fingerprint density at radius 3 is 2.68 bits per heavy atom. The SMILES string of the molecule is N#Cc1c(C(F)(F)F)cc(-c2ccccc2)nc1SCC(=O)Nc1c[n+](N2CCOCC2)no1. The van der Waals surface area contributed by atoms with Crippen LogP contribution in [0.5, 0.6) is 0 Å². The summed E-state index contributed by atoms with van der Waals surface area (Å²) in [6.45, 7) is 2.27. The molecule has 1 N–H and O–H groups in total. The first kappa shape index (κ1) is 23.5. The van der Waals surface area contributed by atoms with E-state index in [1.54, 1.807) is 36.4 Å². The molecule has 1 amide bonds. The maximum absolute atomic E-state index is 13.7. The molecule has 176 valence electrons. The second-order valence-electron chi connectivity index (χ2n) is 7.10. The molecule has 2 aromatic heterocycles. The van der Waals surface area contributed by atoms with Crippen LogP contribution >= 0.6 is 11.8 Å². The Labute approximate surface area is 196 Å². The van der Waals surface area contributed by atoms with Crippen LogP contribution in [0.25, 0.3) is 11.3 Å². The van der Waals surface area contributed by atoms with Gasteiger partial charge in [0.25, 0.3) is 6.20 Å². The van der Waals surface area contributed by atoms with Crippen molar-refractivity contribution >= 4 is 23.6 Å². The molecule has 3 heterocycles. The number of aromatic nitrogens is 3. The number of carbonyl (C=O) groups excluding carboxylic acids is 1. The lowest BCUT2D eigenvalue weighted by molar-refractivity contribution is -0.759. The van der Waals surface area contributed by atoms with Crippen LogP contribution in [0.2, 0.25) is 0 Å². The van der Waals surface area contributed by atoms with E-state index in [1.807, 2.05) is 5.01 Å². The number of amides is 1. The lowest BCUT2D eigenvalue weighted by Crippen LogP contribution is -2.62. The molecule has 13 heteroatoms. The number of anilines is 1. The number of nitrogens with zero attached hydrogens (tertiary/aromatic N) is 5. The van der Waals surface area contributed by atoms with Crippen LogP contribution in [0.3, 0.4) is 0 Å². The third-order valence-corrected chi connectivity index (χ3v) is 5.78. The van der Waals surface area contributed by atoms with Gasteiger partial charge in [-0.2, -0.15) is 18.4 Å². The summed E-state index contributed by atoms with van der Waals surface area (Å²) in [5, 5.41) is 17.4. The average molecular weight is 491 g/mol. The average Bonchev–Trinajstić information content (AvgIpc) is 3.31. The highest BCUT2D eigenvalue weighted by molar-refractivity contribution is 8.00. The Morgan fingerprint density at radius 1 is 1.26 bits per heavy atom. The van der Waals surface area contributed by atoms with Gasteiger partial charge in [0.15, 0.2) is 0 Å². The second kappa shape index (κ2) is 10.1. The fourth-order valence-electron chi connectivity index (χ4n) is 3.21. The number of thioether (sulfide) groups is 1. The predicted molar refractivity (Wildman–Crippen MR) is 114 cm³/mol. The number of alkyl halides is 3. The summed E-state index contributed by atoms with van der Waals surface area (Å²) in [4.78, 5) is 18.1. The molecule has 4 rings (SSSR count). The van der Waals surface area contributed by atoms with E-state index in [2.05, 4.69) is 15.6 Å². The quantitative estimate of drug-likeness (QED) is 0.414. The Balaban J connectivity index is 1.51. The van der Waals surface area contributed by atoms with Crippen molar-refractivity contribution in [1.29, 1.82) is 5.26 Å².